The fraction of sp³-hybridized carbons (Fsp3) is 0.857. The maximum atomic E-state index is 11.8. The zero-order valence-electron chi connectivity index (χ0n) is 13.7. The third-order valence-corrected chi connectivity index (χ3v) is 4.16. The standard InChI is InChI=1S/C14H28N4O2S/c1-14(2,3)20-13(19)17-10-6-8-11(9-7-10)18(15)12(16-4)21-5/h10-11H,6-9,15H2,1-5H3,(H,17,19). The van der Waals surface area contributed by atoms with Crippen LogP contribution in [0.25, 0.3) is 0 Å². The molecule has 0 aliphatic heterocycles. The zero-order valence-corrected chi connectivity index (χ0v) is 14.5. The average molecular weight is 316 g/mol. The predicted molar refractivity (Wildman–Crippen MR) is 88.3 cm³/mol. The van der Waals surface area contributed by atoms with E-state index in [0.29, 0.717) is 0 Å². The number of rotatable bonds is 2. The molecule has 1 saturated carbocycles. The van der Waals surface area contributed by atoms with Crippen LogP contribution in [0.4, 0.5) is 4.79 Å². The number of hydrazine groups is 1. The number of amidine groups is 1. The summed E-state index contributed by atoms with van der Waals surface area (Å²) in [6, 6.07) is 0.452. The Morgan fingerprint density at radius 1 is 1.33 bits per heavy atom. The van der Waals surface area contributed by atoms with Gasteiger partial charge in [0.2, 0.25) is 0 Å². The molecule has 0 spiro atoms. The van der Waals surface area contributed by atoms with Gasteiger partial charge in [0.15, 0.2) is 5.17 Å². The number of alkyl carbamates (subject to hydrolysis) is 1. The van der Waals surface area contributed by atoms with Gasteiger partial charge < -0.3 is 10.1 Å². The van der Waals surface area contributed by atoms with Crippen molar-refractivity contribution < 1.29 is 9.53 Å². The van der Waals surface area contributed by atoms with E-state index < -0.39 is 5.60 Å². The van der Waals surface area contributed by atoms with Gasteiger partial charge in [-0.3, -0.25) is 10.0 Å². The number of thioether (sulfide) groups is 1. The third kappa shape index (κ3) is 6.13. The van der Waals surface area contributed by atoms with E-state index in [4.69, 9.17) is 10.6 Å². The molecule has 6 nitrogen and oxygen atoms in total. The highest BCUT2D eigenvalue weighted by atomic mass is 32.2. The molecule has 21 heavy (non-hydrogen) atoms. The van der Waals surface area contributed by atoms with E-state index in [2.05, 4.69) is 10.3 Å². The van der Waals surface area contributed by atoms with Gasteiger partial charge in [-0.15, -0.1) is 0 Å². The number of hydrogen-bond donors (Lipinski definition) is 2. The monoisotopic (exact) mass is 316 g/mol. The minimum absolute atomic E-state index is 0.167. The van der Waals surface area contributed by atoms with Crippen molar-refractivity contribution in [1.29, 1.82) is 0 Å². The van der Waals surface area contributed by atoms with Crippen molar-refractivity contribution in [2.45, 2.75) is 64.1 Å². The van der Waals surface area contributed by atoms with Gasteiger partial charge in [0.05, 0.1) is 0 Å². The number of ether oxygens (including phenoxy) is 1. The molecule has 0 aromatic rings. The summed E-state index contributed by atoms with van der Waals surface area (Å²) in [5.41, 5.74) is -0.458. The predicted octanol–water partition coefficient (Wildman–Crippen LogP) is 2.35. The van der Waals surface area contributed by atoms with E-state index in [1.54, 1.807) is 23.8 Å². The highest BCUT2D eigenvalue weighted by molar-refractivity contribution is 8.13. The molecule has 1 amide bonds. The molecule has 122 valence electrons. The molecule has 0 unspecified atom stereocenters. The molecular formula is C14H28N4O2S. The van der Waals surface area contributed by atoms with Crippen LogP contribution in [0.5, 0.6) is 0 Å². The fourth-order valence-electron chi connectivity index (χ4n) is 2.44. The van der Waals surface area contributed by atoms with Crippen LogP contribution in [0.3, 0.4) is 0 Å². The van der Waals surface area contributed by atoms with E-state index in [-0.39, 0.29) is 18.2 Å². The third-order valence-electron chi connectivity index (χ3n) is 3.41. The number of nitrogens with one attached hydrogen (secondary N) is 1. The van der Waals surface area contributed by atoms with Gasteiger partial charge in [-0.1, -0.05) is 11.8 Å². The van der Waals surface area contributed by atoms with Crippen molar-refractivity contribution in [1.82, 2.24) is 10.3 Å². The lowest BCUT2D eigenvalue weighted by Gasteiger charge is -2.35. The van der Waals surface area contributed by atoms with Crippen molar-refractivity contribution in [3.05, 3.63) is 0 Å². The molecule has 0 atom stereocenters. The van der Waals surface area contributed by atoms with Crippen molar-refractivity contribution in [2.24, 2.45) is 10.8 Å². The molecule has 0 bridgehead atoms. The normalized spacial score (nSPS) is 23.6. The Morgan fingerprint density at radius 3 is 2.33 bits per heavy atom. The zero-order chi connectivity index (χ0) is 16.0. The summed E-state index contributed by atoms with van der Waals surface area (Å²) in [7, 11) is 1.75. The van der Waals surface area contributed by atoms with E-state index in [0.717, 1.165) is 30.9 Å². The van der Waals surface area contributed by atoms with Crippen molar-refractivity contribution in [3.8, 4) is 0 Å². The Balaban J connectivity index is 2.40. The SMILES string of the molecule is CN=C(SC)N(N)C1CCC(NC(=O)OC(C)(C)C)CC1. The summed E-state index contributed by atoms with van der Waals surface area (Å²) in [5, 5.41) is 5.54. The first-order valence-electron chi connectivity index (χ1n) is 7.31. The van der Waals surface area contributed by atoms with Gasteiger partial charge in [0.25, 0.3) is 0 Å². The molecule has 0 saturated heterocycles. The smallest absolute Gasteiger partial charge is 0.407 e. The summed E-state index contributed by atoms with van der Waals surface area (Å²) >= 11 is 1.55. The second-order valence-electron chi connectivity index (χ2n) is 6.27. The number of nitrogens with two attached hydrogens (primary N) is 1. The van der Waals surface area contributed by atoms with E-state index in [9.17, 15) is 4.79 Å². The molecule has 3 N–H and O–H groups in total. The molecule has 1 aliphatic rings. The fourth-order valence-corrected chi connectivity index (χ4v) is 2.98. The highest BCUT2D eigenvalue weighted by Crippen LogP contribution is 2.23. The van der Waals surface area contributed by atoms with Gasteiger partial charge in [-0.05, 0) is 52.7 Å². The first-order valence-corrected chi connectivity index (χ1v) is 8.53. The molecule has 1 rings (SSSR count). The van der Waals surface area contributed by atoms with Crippen molar-refractivity contribution >= 4 is 23.0 Å². The molecule has 1 fully saturated rings. The second kappa shape index (κ2) is 7.89. The van der Waals surface area contributed by atoms with Crippen LogP contribution < -0.4 is 11.2 Å². The molecular weight excluding hydrogens is 288 g/mol. The Labute approximate surface area is 131 Å². The Kier molecular flexibility index (Phi) is 6.80. The van der Waals surface area contributed by atoms with Crippen LogP contribution in [0, 0.1) is 0 Å². The minimum atomic E-state index is -0.458. The summed E-state index contributed by atoms with van der Waals surface area (Å²) in [4.78, 5) is 15.9. The van der Waals surface area contributed by atoms with E-state index >= 15 is 0 Å². The Hall–Kier alpha value is -0.950. The number of carbonyl (C=O) groups excluding carboxylic acids is 1. The Morgan fingerprint density at radius 2 is 1.90 bits per heavy atom. The highest BCUT2D eigenvalue weighted by Gasteiger charge is 2.28. The first-order chi connectivity index (χ1) is 9.76. The molecule has 1 aliphatic carbocycles. The number of hydrogen-bond acceptors (Lipinski definition) is 5. The Bertz CT molecular complexity index is 374. The molecule has 0 heterocycles. The second-order valence-corrected chi connectivity index (χ2v) is 7.04. The van der Waals surface area contributed by atoms with E-state index in [1.807, 2.05) is 27.0 Å². The maximum Gasteiger partial charge on any atom is 0.407 e. The van der Waals surface area contributed by atoms with Gasteiger partial charge in [-0.25, -0.2) is 10.6 Å². The quantitative estimate of drug-likeness (QED) is 0.354. The van der Waals surface area contributed by atoms with Crippen LogP contribution >= 0.6 is 11.8 Å². The number of carbonyl (C=O) groups is 1. The summed E-state index contributed by atoms with van der Waals surface area (Å²) in [5.74, 6) is 6.11. The largest absolute Gasteiger partial charge is 0.444 e. The minimum Gasteiger partial charge on any atom is -0.444 e. The molecule has 7 heteroatoms. The van der Waals surface area contributed by atoms with Crippen LogP contribution in [0.2, 0.25) is 0 Å². The number of nitrogens with zero attached hydrogens (tertiary/aromatic N) is 2. The van der Waals surface area contributed by atoms with Gasteiger partial charge in [0.1, 0.15) is 5.60 Å². The summed E-state index contributed by atoms with van der Waals surface area (Å²) < 4.78 is 5.28. The number of amides is 1. The van der Waals surface area contributed by atoms with Crippen LogP contribution in [0.1, 0.15) is 46.5 Å². The lowest BCUT2D eigenvalue weighted by atomic mass is 9.91. The van der Waals surface area contributed by atoms with Gasteiger partial charge in [-0.2, -0.15) is 0 Å². The summed E-state index contributed by atoms with van der Waals surface area (Å²) in [6.45, 7) is 5.59. The van der Waals surface area contributed by atoms with Gasteiger partial charge >= 0.3 is 6.09 Å². The van der Waals surface area contributed by atoms with Gasteiger partial charge in [0, 0.05) is 19.1 Å². The van der Waals surface area contributed by atoms with Crippen LogP contribution in [-0.2, 0) is 4.74 Å². The topological polar surface area (TPSA) is 80.0 Å². The molecule has 0 radical (unpaired) electrons. The van der Waals surface area contributed by atoms with Crippen LogP contribution in [0.15, 0.2) is 4.99 Å². The number of aliphatic imine (C=N–C) groups is 1. The lowest BCUT2D eigenvalue weighted by molar-refractivity contribution is 0.0485. The van der Waals surface area contributed by atoms with Crippen LogP contribution in [-0.4, -0.2) is 47.3 Å². The van der Waals surface area contributed by atoms with Crippen molar-refractivity contribution in [3.63, 3.8) is 0 Å². The molecule has 0 aromatic heterocycles. The first kappa shape index (κ1) is 18.1. The maximum absolute atomic E-state index is 11.8. The summed E-state index contributed by atoms with van der Waals surface area (Å²) in [6.07, 6.45) is 5.33. The average Bonchev–Trinajstić information content (AvgIpc) is 2.38. The lowest BCUT2D eigenvalue weighted by Crippen LogP contribution is -2.49. The van der Waals surface area contributed by atoms with E-state index in [1.165, 1.54) is 0 Å². The van der Waals surface area contributed by atoms with Crippen molar-refractivity contribution in [2.75, 3.05) is 13.3 Å². The molecule has 0 aromatic carbocycles.